The smallest absolute Gasteiger partial charge is 0.151 e. The van der Waals surface area contributed by atoms with Crippen molar-refractivity contribution in [3.63, 3.8) is 0 Å². The highest BCUT2D eigenvalue weighted by Gasteiger charge is 1.84. The van der Waals surface area contributed by atoms with Crippen LogP contribution in [-0.2, 0) is 5.11 Å². The van der Waals surface area contributed by atoms with Gasteiger partial charge in [-0.15, -0.1) is 0 Å². The van der Waals surface area contributed by atoms with Crippen LogP contribution in [-0.4, -0.2) is 0 Å². The van der Waals surface area contributed by atoms with Crippen molar-refractivity contribution in [2.45, 2.75) is 26.7 Å². The molecule has 0 spiro atoms. The molecule has 0 aliphatic rings. The van der Waals surface area contributed by atoms with Crippen molar-refractivity contribution in [1.82, 2.24) is 0 Å². The predicted molar refractivity (Wildman–Crippen MR) is 29.4 cm³/mol. The van der Waals surface area contributed by atoms with E-state index in [-0.39, 0.29) is 5.76 Å². The largest absolute Gasteiger partial charge is 0.295 e. The monoisotopic (exact) mass is 99.1 g/mol. The molecule has 0 aliphatic carbocycles. The molecule has 0 aromatic carbocycles. The number of hydrogen-bond donors (Lipinski definition) is 0. The molecule has 0 unspecified atom stereocenters. The van der Waals surface area contributed by atoms with Gasteiger partial charge < -0.3 is 0 Å². The Balaban J connectivity index is 3.29. The molecule has 0 N–H and O–H groups in total. The molecule has 0 saturated heterocycles. The summed E-state index contributed by atoms with van der Waals surface area (Å²) >= 11 is 0. The Morgan fingerprint density at radius 2 is 2.14 bits per heavy atom. The maximum Gasteiger partial charge on any atom is 0.151 e. The molecule has 0 saturated carbocycles. The summed E-state index contributed by atoms with van der Waals surface area (Å²) in [7, 11) is 0. The van der Waals surface area contributed by atoms with Crippen LogP contribution in [0.15, 0.2) is 11.8 Å². The van der Waals surface area contributed by atoms with Crippen LogP contribution < -0.4 is 0 Å². The fourth-order valence-electron chi connectivity index (χ4n) is 0.372. The molecule has 0 atom stereocenters. The van der Waals surface area contributed by atoms with Crippen LogP contribution in [0, 0.1) is 0 Å². The lowest BCUT2D eigenvalue weighted by molar-refractivity contribution is 0.283. The van der Waals surface area contributed by atoms with Crippen molar-refractivity contribution in [2.75, 3.05) is 0 Å². The van der Waals surface area contributed by atoms with E-state index in [0.717, 1.165) is 6.42 Å². The summed E-state index contributed by atoms with van der Waals surface area (Å²) in [6.45, 7) is 3.84. The second kappa shape index (κ2) is 3.72. The van der Waals surface area contributed by atoms with Gasteiger partial charge in [-0.05, 0) is 12.5 Å². The maximum absolute atomic E-state index is 10.4. The lowest BCUT2D eigenvalue weighted by Crippen LogP contribution is -1.70. The normalized spacial score (nSPS) is 12.0. The molecule has 0 rings (SSSR count). The van der Waals surface area contributed by atoms with E-state index < -0.39 is 0 Å². The van der Waals surface area contributed by atoms with Gasteiger partial charge in [0.05, 0.1) is 0 Å². The van der Waals surface area contributed by atoms with Crippen LogP contribution in [0.2, 0.25) is 0 Å². The molecule has 1 nitrogen and oxygen atoms in total. The van der Waals surface area contributed by atoms with Gasteiger partial charge in [0.15, 0.2) is 5.76 Å². The van der Waals surface area contributed by atoms with E-state index in [0.29, 0.717) is 6.42 Å². The van der Waals surface area contributed by atoms with Crippen molar-refractivity contribution < 1.29 is 5.11 Å². The Morgan fingerprint density at radius 1 is 1.57 bits per heavy atom. The third-order valence-electron chi connectivity index (χ3n) is 0.780. The zero-order chi connectivity index (χ0) is 5.70. The van der Waals surface area contributed by atoms with Gasteiger partial charge in [0, 0.05) is 6.42 Å². The minimum atomic E-state index is 0.252. The molecule has 7 heavy (non-hydrogen) atoms. The van der Waals surface area contributed by atoms with Gasteiger partial charge in [-0.2, -0.15) is 0 Å². The molecule has 0 fully saturated rings. The Kier molecular flexibility index (Phi) is 3.48. The molecular weight excluding hydrogens is 88.1 g/mol. The third kappa shape index (κ3) is 3.37. The fourth-order valence-corrected chi connectivity index (χ4v) is 0.372. The standard InChI is InChI=1S/C6H11O/c1-3-5-6(7)4-2/h5H,3-4H2,1-2H3/b6-5-. The zero-order valence-corrected chi connectivity index (χ0v) is 4.90. The third-order valence-corrected chi connectivity index (χ3v) is 0.780. The van der Waals surface area contributed by atoms with Gasteiger partial charge in [-0.25, -0.2) is 0 Å². The minimum Gasteiger partial charge on any atom is -0.295 e. The van der Waals surface area contributed by atoms with E-state index in [9.17, 15) is 5.11 Å². The zero-order valence-electron chi connectivity index (χ0n) is 4.90. The minimum absolute atomic E-state index is 0.252. The average molecular weight is 99.2 g/mol. The Morgan fingerprint density at radius 3 is 2.29 bits per heavy atom. The first-order chi connectivity index (χ1) is 3.31. The van der Waals surface area contributed by atoms with Crippen LogP contribution in [0.25, 0.3) is 0 Å². The van der Waals surface area contributed by atoms with Crippen LogP contribution in [0.1, 0.15) is 26.7 Å². The summed E-state index contributed by atoms with van der Waals surface area (Å²) in [5, 5.41) is 10.4. The molecule has 0 aromatic rings. The van der Waals surface area contributed by atoms with Gasteiger partial charge in [0.2, 0.25) is 0 Å². The molecule has 0 bridgehead atoms. The Hall–Kier alpha value is -0.460. The first-order valence-electron chi connectivity index (χ1n) is 2.67. The van der Waals surface area contributed by atoms with Crippen LogP contribution in [0.4, 0.5) is 0 Å². The van der Waals surface area contributed by atoms with E-state index in [1.807, 2.05) is 13.8 Å². The summed E-state index contributed by atoms with van der Waals surface area (Å²) in [5.74, 6) is 0.252. The summed E-state index contributed by atoms with van der Waals surface area (Å²) in [5.41, 5.74) is 0. The molecule has 0 aliphatic heterocycles. The van der Waals surface area contributed by atoms with Crippen LogP contribution in [0.5, 0.6) is 0 Å². The van der Waals surface area contributed by atoms with E-state index in [2.05, 4.69) is 0 Å². The SMILES string of the molecule is CC/C=C(\[O])CC. The van der Waals surface area contributed by atoms with Gasteiger partial charge in [0.1, 0.15) is 0 Å². The summed E-state index contributed by atoms with van der Waals surface area (Å²) < 4.78 is 0. The molecule has 1 radical (unpaired) electrons. The number of rotatable bonds is 2. The first-order valence-corrected chi connectivity index (χ1v) is 2.67. The molecule has 0 amide bonds. The number of allylic oxidation sites excluding steroid dienone is 2. The van der Waals surface area contributed by atoms with Gasteiger partial charge in [-0.3, -0.25) is 5.11 Å². The average Bonchev–Trinajstić information content (AvgIpc) is 1.68. The van der Waals surface area contributed by atoms with Crippen molar-refractivity contribution in [1.29, 1.82) is 0 Å². The van der Waals surface area contributed by atoms with Crippen molar-refractivity contribution in [2.24, 2.45) is 0 Å². The first kappa shape index (κ1) is 6.54. The maximum atomic E-state index is 10.4. The summed E-state index contributed by atoms with van der Waals surface area (Å²) in [6.07, 6.45) is 3.22. The Bertz CT molecular complexity index is 64.6. The highest BCUT2D eigenvalue weighted by molar-refractivity contribution is 4.87. The van der Waals surface area contributed by atoms with Gasteiger partial charge >= 0.3 is 0 Å². The van der Waals surface area contributed by atoms with E-state index in [4.69, 9.17) is 0 Å². The van der Waals surface area contributed by atoms with Gasteiger partial charge in [-0.1, -0.05) is 13.8 Å². The molecule has 1 heteroatoms. The molecular formula is C6H11O. The molecule has 41 valence electrons. The topological polar surface area (TPSA) is 19.9 Å². The number of hydrogen-bond acceptors (Lipinski definition) is 0. The van der Waals surface area contributed by atoms with E-state index >= 15 is 0 Å². The van der Waals surface area contributed by atoms with Crippen LogP contribution >= 0.6 is 0 Å². The molecule has 0 heterocycles. The second-order valence-corrected chi connectivity index (χ2v) is 1.43. The highest BCUT2D eigenvalue weighted by atomic mass is 16.3. The predicted octanol–water partition coefficient (Wildman–Crippen LogP) is 2.12. The fraction of sp³-hybridized carbons (Fsp3) is 0.667. The molecule has 0 aromatic heterocycles. The van der Waals surface area contributed by atoms with Crippen molar-refractivity contribution >= 4 is 0 Å². The summed E-state index contributed by atoms with van der Waals surface area (Å²) in [6, 6.07) is 0. The van der Waals surface area contributed by atoms with Crippen molar-refractivity contribution in [3.8, 4) is 0 Å². The van der Waals surface area contributed by atoms with Gasteiger partial charge in [0.25, 0.3) is 0 Å². The quantitative estimate of drug-likeness (QED) is 0.472. The van der Waals surface area contributed by atoms with Crippen LogP contribution in [0.3, 0.4) is 0 Å². The lowest BCUT2D eigenvalue weighted by Gasteiger charge is -1.82. The lowest BCUT2D eigenvalue weighted by atomic mass is 10.3. The second-order valence-electron chi connectivity index (χ2n) is 1.43. The Labute approximate surface area is 44.7 Å². The van der Waals surface area contributed by atoms with Crippen molar-refractivity contribution in [3.05, 3.63) is 11.8 Å². The summed E-state index contributed by atoms with van der Waals surface area (Å²) in [4.78, 5) is 0. The highest BCUT2D eigenvalue weighted by Crippen LogP contribution is 1.95. The van der Waals surface area contributed by atoms with E-state index in [1.54, 1.807) is 6.08 Å². The van der Waals surface area contributed by atoms with E-state index in [1.165, 1.54) is 0 Å².